The summed E-state index contributed by atoms with van der Waals surface area (Å²) < 4.78 is 13.6. The van der Waals surface area contributed by atoms with Crippen LogP contribution in [-0.2, 0) is 4.79 Å². The van der Waals surface area contributed by atoms with Gasteiger partial charge in [-0.2, -0.15) is 5.26 Å². The molecule has 1 heterocycles. The Hall–Kier alpha value is -2.10. The van der Waals surface area contributed by atoms with Gasteiger partial charge >= 0.3 is 0 Å². The van der Waals surface area contributed by atoms with Gasteiger partial charge in [0.2, 0.25) is 5.91 Å². The summed E-state index contributed by atoms with van der Waals surface area (Å²) in [5.74, 6) is -0.935. The van der Waals surface area contributed by atoms with Gasteiger partial charge in [-0.25, -0.2) is 9.37 Å². The average Bonchev–Trinajstić information content (AvgIpc) is 2.51. The van der Waals surface area contributed by atoms with E-state index in [1.165, 1.54) is 36.2 Å². The minimum Gasteiger partial charge on any atom is -0.323 e. The second-order valence-electron chi connectivity index (χ2n) is 4.37. The quantitative estimate of drug-likeness (QED) is 0.861. The Balaban J connectivity index is 2.06. The molecule has 0 fully saturated rings. The molecule has 1 atom stereocenters. The average molecular weight is 336 g/mol. The molecular weight excluding hydrogens is 325 g/mol. The van der Waals surface area contributed by atoms with Gasteiger partial charge in [0.05, 0.1) is 27.6 Å². The normalized spacial score (nSPS) is 11.5. The van der Waals surface area contributed by atoms with Crippen LogP contribution in [0, 0.1) is 17.1 Å². The van der Waals surface area contributed by atoms with Crippen LogP contribution in [0.25, 0.3) is 0 Å². The summed E-state index contributed by atoms with van der Waals surface area (Å²) in [4.78, 5) is 16.2. The Morgan fingerprint density at radius 3 is 2.95 bits per heavy atom. The van der Waals surface area contributed by atoms with Crippen LogP contribution in [0.4, 0.5) is 10.1 Å². The molecule has 0 unspecified atom stereocenters. The van der Waals surface area contributed by atoms with E-state index in [0.717, 1.165) is 0 Å². The van der Waals surface area contributed by atoms with Crippen LogP contribution in [0.1, 0.15) is 12.5 Å². The fourth-order valence-corrected chi connectivity index (χ4v) is 2.62. The molecule has 1 N–H and O–H groups in total. The molecule has 1 aromatic carbocycles. The molecule has 1 aromatic heterocycles. The molecule has 0 bridgehead atoms. The zero-order valence-electron chi connectivity index (χ0n) is 11.5. The SMILES string of the molecule is C[C@H](Sc1cc(C#N)ccn1)C(=O)Nc1cc(Cl)ccc1F. The molecule has 0 spiro atoms. The van der Waals surface area contributed by atoms with Crippen molar-refractivity contribution in [3.63, 3.8) is 0 Å². The summed E-state index contributed by atoms with van der Waals surface area (Å²) in [6.45, 7) is 1.67. The number of benzene rings is 1. The molecule has 0 saturated heterocycles. The van der Waals surface area contributed by atoms with Crippen LogP contribution in [0.5, 0.6) is 0 Å². The van der Waals surface area contributed by atoms with Crippen molar-refractivity contribution in [2.45, 2.75) is 17.2 Å². The number of carbonyl (C=O) groups excluding carboxylic acids is 1. The molecule has 22 heavy (non-hydrogen) atoms. The van der Waals surface area contributed by atoms with Gasteiger partial charge in [-0.15, -0.1) is 0 Å². The van der Waals surface area contributed by atoms with E-state index in [0.29, 0.717) is 15.6 Å². The van der Waals surface area contributed by atoms with Gasteiger partial charge in [-0.3, -0.25) is 4.79 Å². The van der Waals surface area contributed by atoms with E-state index < -0.39 is 11.1 Å². The predicted molar refractivity (Wildman–Crippen MR) is 84.3 cm³/mol. The van der Waals surface area contributed by atoms with Gasteiger partial charge in [0.25, 0.3) is 0 Å². The van der Waals surface area contributed by atoms with Crippen molar-refractivity contribution < 1.29 is 9.18 Å². The monoisotopic (exact) mass is 335 g/mol. The minimum atomic E-state index is -0.556. The first-order valence-corrected chi connectivity index (χ1v) is 7.54. The lowest BCUT2D eigenvalue weighted by atomic mass is 10.3. The molecule has 0 saturated carbocycles. The first-order valence-electron chi connectivity index (χ1n) is 6.28. The molecule has 2 aromatic rings. The van der Waals surface area contributed by atoms with Crippen molar-refractivity contribution in [3.8, 4) is 6.07 Å². The van der Waals surface area contributed by atoms with Crippen LogP contribution in [-0.4, -0.2) is 16.1 Å². The first-order chi connectivity index (χ1) is 10.5. The van der Waals surface area contributed by atoms with E-state index in [-0.39, 0.29) is 11.6 Å². The van der Waals surface area contributed by atoms with Crippen molar-refractivity contribution in [2.24, 2.45) is 0 Å². The highest BCUT2D eigenvalue weighted by atomic mass is 35.5. The van der Waals surface area contributed by atoms with E-state index >= 15 is 0 Å². The number of anilines is 1. The molecule has 1 amide bonds. The number of halogens is 2. The fraction of sp³-hybridized carbons (Fsp3) is 0.133. The van der Waals surface area contributed by atoms with Gasteiger partial charge in [0.15, 0.2) is 0 Å². The van der Waals surface area contributed by atoms with Gasteiger partial charge < -0.3 is 5.32 Å². The van der Waals surface area contributed by atoms with Crippen molar-refractivity contribution in [1.29, 1.82) is 5.26 Å². The standard InChI is InChI=1S/C15H11ClFN3OS/c1-9(22-14-6-10(8-18)4-5-19-14)15(21)20-13-7-11(16)2-3-12(13)17/h2-7,9H,1H3,(H,20,21)/t9-/m0/s1. The third kappa shape index (κ3) is 4.20. The lowest BCUT2D eigenvalue weighted by Gasteiger charge is -2.12. The maximum Gasteiger partial charge on any atom is 0.237 e. The van der Waals surface area contributed by atoms with Gasteiger partial charge in [0.1, 0.15) is 5.82 Å². The fourth-order valence-electron chi connectivity index (χ4n) is 1.61. The van der Waals surface area contributed by atoms with E-state index in [2.05, 4.69) is 10.3 Å². The lowest BCUT2D eigenvalue weighted by Crippen LogP contribution is -2.23. The maximum atomic E-state index is 13.6. The number of hydrogen-bond donors (Lipinski definition) is 1. The van der Waals surface area contributed by atoms with E-state index in [4.69, 9.17) is 16.9 Å². The third-order valence-corrected chi connectivity index (χ3v) is 3.98. The number of pyridine rings is 1. The van der Waals surface area contributed by atoms with E-state index in [9.17, 15) is 9.18 Å². The van der Waals surface area contributed by atoms with Crippen LogP contribution < -0.4 is 5.32 Å². The Labute approximate surface area is 136 Å². The summed E-state index contributed by atoms with van der Waals surface area (Å²) in [6.07, 6.45) is 1.50. The Morgan fingerprint density at radius 1 is 1.45 bits per heavy atom. The highest BCUT2D eigenvalue weighted by Gasteiger charge is 2.17. The Kier molecular flexibility index (Phi) is 5.36. The van der Waals surface area contributed by atoms with Gasteiger partial charge in [-0.1, -0.05) is 23.4 Å². The van der Waals surface area contributed by atoms with Crippen molar-refractivity contribution in [3.05, 3.63) is 52.9 Å². The smallest absolute Gasteiger partial charge is 0.237 e. The Morgan fingerprint density at radius 2 is 2.23 bits per heavy atom. The first kappa shape index (κ1) is 16.3. The molecular formula is C15H11ClFN3OS. The van der Waals surface area contributed by atoms with Crippen molar-refractivity contribution in [2.75, 3.05) is 5.32 Å². The molecule has 4 nitrogen and oxygen atoms in total. The largest absolute Gasteiger partial charge is 0.323 e. The molecule has 0 aliphatic carbocycles. The summed E-state index contributed by atoms with van der Waals surface area (Å²) in [5.41, 5.74) is 0.495. The number of amides is 1. The summed E-state index contributed by atoms with van der Waals surface area (Å²) in [6, 6.07) is 9.12. The molecule has 0 radical (unpaired) electrons. The van der Waals surface area contributed by atoms with Crippen LogP contribution in [0.3, 0.4) is 0 Å². The predicted octanol–water partition coefficient (Wildman–Crippen LogP) is 3.87. The molecule has 7 heteroatoms. The highest BCUT2D eigenvalue weighted by molar-refractivity contribution is 8.00. The topological polar surface area (TPSA) is 65.8 Å². The number of carbonyl (C=O) groups is 1. The summed E-state index contributed by atoms with van der Waals surface area (Å²) >= 11 is 6.96. The zero-order valence-corrected chi connectivity index (χ0v) is 13.1. The van der Waals surface area contributed by atoms with Crippen molar-refractivity contribution in [1.82, 2.24) is 4.98 Å². The zero-order chi connectivity index (χ0) is 16.1. The van der Waals surface area contributed by atoms with Crippen LogP contribution >= 0.6 is 23.4 Å². The summed E-state index contributed by atoms with van der Waals surface area (Å²) in [5, 5.41) is 11.7. The molecule has 0 aliphatic rings. The number of hydrogen-bond acceptors (Lipinski definition) is 4. The summed E-state index contributed by atoms with van der Waals surface area (Å²) in [7, 11) is 0. The number of aromatic nitrogens is 1. The number of nitriles is 1. The van der Waals surface area contributed by atoms with Gasteiger partial charge in [-0.05, 0) is 37.3 Å². The number of nitrogens with one attached hydrogen (secondary N) is 1. The number of thioether (sulfide) groups is 1. The molecule has 0 aliphatic heterocycles. The maximum absolute atomic E-state index is 13.6. The van der Waals surface area contributed by atoms with E-state index in [1.807, 2.05) is 6.07 Å². The minimum absolute atomic E-state index is 0.0312. The number of nitrogens with zero attached hydrogens (tertiary/aromatic N) is 2. The third-order valence-electron chi connectivity index (χ3n) is 2.72. The highest BCUT2D eigenvalue weighted by Crippen LogP contribution is 2.24. The Bertz CT molecular complexity index is 748. The van der Waals surface area contributed by atoms with Crippen molar-refractivity contribution >= 4 is 35.0 Å². The molecule has 2 rings (SSSR count). The molecule has 112 valence electrons. The van der Waals surface area contributed by atoms with E-state index in [1.54, 1.807) is 19.1 Å². The second kappa shape index (κ2) is 7.25. The second-order valence-corrected chi connectivity index (χ2v) is 6.17. The van der Waals surface area contributed by atoms with Crippen LogP contribution in [0.15, 0.2) is 41.6 Å². The van der Waals surface area contributed by atoms with Gasteiger partial charge in [0, 0.05) is 11.2 Å². The lowest BCUT2D eigenvalue weighted by molar-refractivity contribution is -0.115. The number of rotatable bonds is 4. The van der Waals surface area contributed by atoms with Crippen LogP contribution in [0.2, 0.25) is 5.02 Å².